The number of nitrogens with zero attached hydrogens (tertiary/aromatic N) is 2. The van der Waals surface area contributed by atoms with Crippen molar-refractivity contribution >= 4 is 23.4 Å². The van der Waals surface area contributed by atoms with E-state index in [0.717, 1.165) is 0 Å². The Bertz CT molecular complexity index is 546. The number of aromatic amines is 1. The number of rotatable bonds is 5. The van der Waals surface area contributed by atoms with E-state index in [1.54, 1.807) is 11.9 Å². The first-order chi connectivity index (χ1) is 10.5. The number of ether oxygens (including phenoxy) is 2. The normalized spacial score (nSPS) is 21.7. The van der Waals surface area contributed by atoms with E-state index in [2.05, 4.69) is 15.5 Å². The van der Waals surface area contributed by atoms with Gasteiger partial charge in [-0.15, -0.1) is 0 Å². The number of aromatic nitrogens is 2. The van der Waals surface area contributed by atoms with Crippen molar-refractivity contribution in [1.29, 1.82) is 0 Å². The molecule has 0 radical (unpaired) electrons. The Morgan fingerprint density at radius 3 is 3.00 bits per heavy atom. The van der Waals surface area contributed by atoms with Gasteiger partial charge in [0.05, 0.1) is 37.4 Å². The predicted molar refractivity (Wildman–Crippen MR) is 78.7 cm³/mol. The van der Waals surface area contributed by atoms with E-state index in [4.69, 9.17) is 21.1 Å². The second kappa shape index (κ2) is 7.08. The third-order valence-electron chi connectivity index (χ3n) is 3.51. The summed E-state index contributed by atoms with van der Waals surface area (Å²) in [6.07, 6.45) is 1.49. The van der Waals surface area contributed by atoms with Crippen LogP contribution in [-0.4, -0.2) is 73.0 Å². The van der Waals surface area contributed by atoms with Crippen LogP contribution in [0, 0.1) is 0 Å². The molecule has 0 saturated carbocycles. The highest BCUT2D eigenvalue weighted by atomic mass is 35.5. The van der Waals surface area contributed by atoms with Gasteiger partial charge >= 0.3 is 0 Å². The Balaban J connectivity index is 2.16. The van der Waals surface area contributed by atoms with Crippen LogP contribution in [0.2, 0.25) is 5.02 Å². The Morgan fingerprint density at radius 1 is 1.64 bits per heavy atom. The van der Waals surface area contributed by atoms with Gasteiger partial charge in [0.1, 0.15) is 11.3 Å². The summed E-state index contributed by atoms with van der Waals surface area (Å²) >= 11 is 5.93. The van der Waals surface area contributed by atoms with Crippen LogP contribution in [0.25, 0.3) is 0 Å². The van der Waals surface area contributed by atoms with Crippen LogP contribution in [0.4, 0.5) is 0 Å². The van der Waals surface area contributed by atoms with Crippen LogP contribution < -0.4 is 5.32 Å². The zero-order chi connectivity index (χ0) is 16.2. The number of hydrogen-bond acceptors (Lipinski definition) is 5. The molecule has 2 rings (SSSR count). The van der Waals surface area contributed by atoms with Gasteiger partial charge in [0.15, 0.2) is 0 Å². The predicted octanol–water partition coefficient (Wildman–Crippen LogP) is 0.0568. The van der Waals surface area contributed by atoms with Gasteiger partial charge in [0.2, 0.25) is 5.91 Å². The highest BCUT2D eigenvalue weighted by molar-refractivity contribution is 6.33. The molecule has 1 fully saturated rings. The monoisotopic (exact) mass is 330 g/mol. The molecule has 1 aromatic heterocycles. The topological polar surface area (TPSA) is 96.6 Å². The molecule has 1 unspecified atom stereocenters. The highest BCUT2D eigenvalue weighted by Crippen LogP contribution is 2.25. The molecule has 1 aromatic rings. The molecule has 8 nitrogen and oxygen atoms in total. The summed E-state index contributed by atoms with van der Waals surface area (Å²) in [5.41, 5.74) is -0.635. The SMILES string of the molecule is CNC(=O)CC1(COC)CN(C(=O)c2[nH]ncc2Cl)CCO1. The Kier molecular flexibility index (Phi) is 5.38. The number of methoxy groups -OCH3 is 1. The van der Waals surface area contributed by atoms with Crippen molar-refractivity contribution in [3.05, 3.63) is 16.9 Å². The number of H-pyrrole nitrogens is 1. The lowest BCUT2D eigenvalue weighted by Gasteiger charge is -2.41. The summed E-state index contributed by atoms with van der Waals surface area (Å²) in [7, 11) is 3.08. The molecule has 2 amide bonds. The molecule has 0 bridgehead atoms. The quantitative estimate of drug-likeness (QED) is 0.795. The van der Waals surface area contributed by atoms with Crippen LogP contribution >= 0.6 is 11.6 Å². The van der Waals surface area contributed by atoms with Crippen LogP contribution in [0.1, 0.15) is 16.9 Å². The molecular formula is C13H19ClN4O4. The Hall–Kier alpha value is -1.64. The molecule has 1 aliphatic heterocycles. The van der Waals surface area contributed by atoms with E-state index in [1.165, 1.54) is 13.3 Å². The van der Waals surface area contributed by atoms with Crippen LogP contribution in [0.5, 0.6) is 0 Å². The molecule has 9 heteroatoms. The van der Waals surface area contributed by atoms with Gasteiger partial charge in [-0.25, -0.2) is 0 Å². The van der Waals surface area contributed by atoms with E-state index >= 15 is 0 Å². The number of carbonyl (C=O) groups excluding carboxylic acids is 2. The first kappa shape index (κ1) is 16.7. The van der Waals surface area contributed by atoms with Crippen molar-refractivity contribution in [2.75, 3.05) is 40.5 Å². The van der Waals surface area contributed by atoms with Crippen molar-refractivity contribution in [2.24, 2.45) is 0 Å². The molecule has 0 spiro atoms. The summed E-state index contributed by atoms with van der Waals surface area (Å²) in [6, 6.07) is 0. The fraction of sp³-hybridized carbons (Fsp3) is 0.615. The van der Waals surface area contributed by atoms with Gasteiger partial charge in [-0.2, -0.15) is 5.10 Å². The van der Waals surface area contributed by atoms with Crippen molar-refractivity contribution in [1.82, 2.24) is 20.4 Å². The summed E-state index contributed by atoms with van der Waals surface area (Å²) in [4.78, 5) is 25.8. The van der Waals surface area contributed by atoms with Gasteiger partial charge < -0.3 is 19.7 Å². The molecule has 0 aromatic carbocycles. The smallest absolute Gasteiger partial charge is 0.273 e. The van der Waals surface area contributed by atoms with Crippen LogP contribution in [-0.2, 0) is 14.3 Å². The summed E-state index contributed by atoms with van der Waals surface area (Å²) < 4.78 is 11.0. The average Bonchev–Trinajstić information content (AvgIpc) is 2.93. The number of morpholine rings is 1. The lowest BCUT2D eigenvalue weighted by atomic mass is 9.97. The maximum atomic E-state index is 12.5. The minimum Gasteiger partial charge on any atom is -0.382 e. The zero-order valence-electron chi connectivity index (χ0n) is 12.5. The van der Waals surface area contributed by atoms with Gasteiger partial charge in [0.25, 0.3) is 5.91 Å². The maximum absolute atomic E-state index is 12.5. The van der Waals surface area contributed by atoms with E-state index in [9.17, 15) is 9.59 Å². The summed E-state index contributed by atoms with van der Waals surface area (Å²) in [6.45, 7) is 1.18. The average molecular weight is 331 g/mol. The van der Waals surface area contributed by atoms with Crippen molar-refractivity contribution in [2.45, 2.75) is 12.0 Å². The summed E-state index contributed by atoms with van der Waals surface area (Å²) in [5.74, 6) is -0.450. The van der Waals surface area contributed by atoms with E-state index in [0.29, 0.717) is 13.2 Å². The van der Waals surface area contributed by atoms with Gasteiger partial charge in [-0.3, -0.25) is 14.7 Å². The fourth-order valence-corrected chi connectivity index (χ4v) is 2.66. The molecule has 122 valence electrons. The Labute approximate surface area is 133 Å². The number of nitrogens with one attached hydrogen (secondary N) is 2. The van der Waals surface area contributed by atoms with Crippen molar-refractivity contribution in [3.63, 3.8) is 0 Å². The van der Waals surface area contributed by atoms with E-state index < -0.39 is 5.60 Å². The number of hydrogen-bond donors (Lipinski definition) is 2. The molecule has 22 heavy (non-hydrogen) atoms. The number of carbonyl (C=O) groups is 2. The molecule has 0 aliphatic carbocycles. The first-order valence-corrected chi connectivity index (χ1v) is 7.21. The minimum atomic E-state index is -0.866. The summed E-state index contributed by atoms with van der Waals surface area (Å²) in [5, 5.41) is 9.16. The second-order valence-corrected chi connectivity index (χ2v) is 5.54. The largest absolute Gasteiger partial charge is 0.382 e. The molecule has 2 N–H and O–H groups in total. The molecule has 1 atom stereocenters. The van der Waals surface area contributed by atoms with Crippen LogP contribution in [0.3, 0.4) is 0 Å². The van der Waals surface area contributed by atoms with Crippen LogP contribution in [0.15, 0.2) is 6.20 Å². The Morgan fingerprint density at radius 2 is 2.41 bits per heavy atom. The maximum Gasteiger partial charge on any atom is 0.273 e. The third kappa shape index (κ3) is 3.57. The van der Waals surface area contributed by atoms with Gasteiger partial charge in [0, 0.05) is 20.7 Å². The fourth-order valence-electron chi connectivity index (χ4n) is 2.49. The second-order valence-electron chi connectivity index (χ2n) is 5.13. The first-order valence-electron chi connectivity index (χ1n) is 6.83. The standard InChI is InChI=1S/C13H19ClN4O4/c1-15-10(19)5-13(8-21-2)7-18(3-4-22-13)12(20)11-9(14)6-16-17-11/h6H,3-5,7-8H2,1-2H3,(H,15,19)(H,16,17). The minimum absolute atomic E-state index is 0.109. The zero-order valence-corrected chi connectivity index (χ0v) is 13.3. The lowest BCUT2D eigenvalue weighted by Crippen LogP contribution is -2.57. The molecule has 1 aliphatic rings. The van der Waals surface area contributed by atoms with Gasteiger partial charge in [-0.05, 0) is 0 Å². The number of halogens is 1. The highest BCUT2D eigenvalue weighted by Gasteiger charge is 2.41. The number of amides is 2. The van der Waals surface area contributed by atoms with Crippen molar-refractivity contribution < 1.29 is 19.1 Å². The molecule has 1 saturated heterocycles. The van der Waals surface area contributed by atoms with E-state index in [1.807, 2.05) is 0 Å². The van der Waals surface area contributed by atoms with Gasteiger partial charge in [-0.1, -0.05) is 11.6 Å². The third-order valence-corrected chi connectivity index (χ3v) is 3.80. The van der Waals surface area contributed by atoms with E-state index in [-0.39, 0.29) is 42.1 Å². The lowest BCUT2D eigenvalue weighted by molar-refractivity contribution is -0.150. The van der Waals surface area contributed by atoms with Crippen molar-refractivity contribution in [3.8, 4) is 0 Å². The molecule has 2 heterocycles. The molecular weight excluding hydrogens is 312 g/mol.